The molecule has 0 spiro atoms. The summed E-state index contributed by atoms with van der Waals surface area (Å²) < 4.78 is 34.6. The predicted molar refractivity (Wildman–Crippen MR) is 214 cm³/mol. The topological polar surface area (TPSA) is 80.2 Å². The molecule has 0 radical (unpaired) electrons. The van der Waals surface area contributed by atoms with E-state index >= 15 is 0 Å². The van der Waals surface area contributed by atoms with Gasteiger partial charge < -0.3 is 32.9 Å². The number of aromatic nitrogens is 1. The number of ether oxygens (including phenoxy) is 4. The number of hydrogen-bond donors (Lipinski definition) is 1. The molecule has 3 aromatic rings. The number of hydrogen-bond acceptors (Lipinski definition) is 6. The molecule has 1 aromatic heterocycles. The molecule has 4 atom stereocenters. The fourth-order valence-electron chi connectivity index (χ4n) is 8.10. The number of nitrogens with zero attached hydrogens (tertiary/aromatic N) is 1. The Labute approximate surface area is 310 Å². The molecule has 1 aliphatic heterocycles. The minimum Gasteiger partial charge on any atom is -0.489 e. The van der Waals surface area contributed by atoms with Gasteiger partial charge in [0.25, 0.3) is 0 Å². The van der Waals surface area contributed by atoms with Gasteiger partial charge in [-0.15, -0.1) is 0 Å². The zero-order chi connectivity index (χ0) is 38.1. The van der Waals surface area contributed by atoms with Crippen molar-refractivity contribution in [2.24, 2.45) is 0 Å². The minimum absolute atomic E-state index is 0.0698. The van der Waals surface area contributed by atoms with E-state index in [-0.39, 0.29) is 17.1 Å². The van der Waals surface area contributed by atoms with Gasteiger partial charge in [0.1, 0.15) is 18.0 Å². The lowest BCUT2D eigenvalue weighted by Gasteiger charge is -2.44. The van der Waals surface area contributed by atoms with E-state index in [4.69, 9.17) is 23.4 Å². The quantitative estimate of drug-likeness (QED) is 0.176. The number of nitrogens with one attached hydrogen (secondary N) is 1. The fraction of sp³-hybridized carbons (Fsp3) is 0.634. The summed E-state index contributed by atoms with van der Waals surface area (Å²) in [5, 5.41) is 4.29. The second-order valence-electron chi connectivity index (χ2n) is 17.8. The Bertz CT molecular complexity index is 1580. The van der Waals surface area contributed by atoms with Gasteiger partial charge in [0.05, 0.1) is 18.8 Å². The molecule has 2 heterocycles. The van der Waals surface area contributed by atoms with Crippen LogP contribution < -0.4 is 10.1 Å². The lowest BCUT2D eigenvalue weighted by atomic mass is 9.88. The van der Waals surface area contributed by atoms with Gasteiger partial charge in [0.15, 0.2) is 22.8 Å². The third-order valence-corrected chi connectivity index (χ3v) is 22.4. The molecule has 0 aliphatic carbocycles. The molecule has 1 saturated heterocycles. The average Bonchev–Trinajstić information content (AvgIpc) is 3.51. The first-order valence-corrected chi connectivity index (χ1v) is 23.9. The van der Waals surface area contributed by atoms with Gasteiger partial charge in [-0.05, 0) is 91.0 Å². The third kappa shape index (κ3) is 8.78. The number of fused-ring (bicyclic) bond motifs is 1. The van der Waals surface area contributed by atoms with Crippen molar-refractivity contribution < 1.29 is 28.2 Å². The second-order valence-corrected chi connectivity index (χ2v) is 28.3. The molecule has 4 rings (SSSR count). The Morgan fingerprint density at radius 1 is 0.922 bits per heavy atom. The zero-order valence-corrected chi connectivity index (χ0v) is 36.0. The van der Waals surface area contributed by atoms with E-state index in [0.717, 1.165) is 22.3 Å². The second kappa shape index (κ2) is 15.8. The van der Waals surface area contributed by atoms with Crippen LogP contribution in [0.2, 0.25) is 34.8 Å². The molecule has 0 saturated carbocycles. The highest BCUT2D eigenvalue weighted by Crippen LogP contribution is 2.49. The maximum atomic E-state index is 13.7. The Hall–Kier alpha value is -2.64. The maximum Gasteiger partial charge on any atom is 0.408 e. The molecular formula is C41H66N2O6Si2. The number of carbonyl (C=O) groups is 1. The van der Waals surface area contributed by atoms with Gasteiger partial charge in [-0.3, -0.25) is 0 Å². The summed E-state index contributed by atoms with van der Waals surface area (Å²) in [5.41, 5.74) is 4.12. The molecule has 1 aliphatic rings. The highest BCUT2D eigenvalue weighted by atomic mass is 28.4. The van der Waals surface area contributed by atoms with Crippen molar-refractivity contribution in [3.63, 3.8) is 0 Å². The van der Waals surface area contributed by atoms with Gasteiger partial charge in [-0.2, -0.15) is 0 Å². The smallest absolute Gasteiger partial charge is 0.408 e. The van der Waals surface area contributed by atoms with Crippen molar-refractivity contribution in [3.8, 4) is 5.75 Å². The molecule has 51 heavy (non-hydrogen) atoms. The normalized spacial score (nSPS) is 20.5. The Morgan fingerprint density at radius 3 is 2.06 bits per heavy atom. The Balaban J connectivity index is 1.98. The molecule has 284 valence electrons. The molecular weight excluding hydrogens is 673 g/mol. The summed E-state index contributed by atoms with van der Waals surface area (Å²) in [6.45, 7) is 31.8. The van der Waals surface area contributed by atoms with Crippen LogP contribution >= 0.6 is 0 Å². The largest absolute Gasteiger partial charge is 0.489 e. The number of amides is 1. The third-order valence-electron chi connectivity index (χ3n) is 11.2. The van der Waals surface area contributed by atoms with E-state index < -0.39 is 40.6 Å². The molecule has 0 unspecified atom stereocenters. The van der Waals surface area contributed by atoms with E-state index in [2.05, 4.69) is 121 Å². The van der Waals surface area contributed by atoms with Crippen molar-refractivity contribution >= 4 is 33.5 Å². The van der Waals surface area contributed by atoms with Gasteiger partial charge >= 0.3 is 6.09 Å². The van der Waals surface area contributed by atoms with E-state index in [1.54, 1.807) is 7.11 Å². The molecule has 1 amide bonds. The fourth-order valence-corrected chi connectivity index (χ4v) is 15.9. The molecule has 10 heteroatoms. The van der Waals surface area contributed by atoms with E-state index in [9.17, 15) is 4.79 Å². The van der Waals surface area contributed by atoms with Gasteiger partial charge in [-0.25, -0.2) is 4.79 Å². The lowest BCUT2D eigenvalue weighted by molar-refractivity contribution is -0.104. The average molecular weight is 739 g/mol. The van der Waals surface area contributed by atoms with Crippen molar-refractivity contribution in [3.05, 3.63) is 65.9 Å². The van der Waals surface area contributed by atoms with Crippen LogP contribution in [-0.4, -0.2) is 64.6 Å². The van der Waals surface area contributed by atoms with Crippen molar-refractivity contribution in [2.45, 2.75) is 154 Å². The maximum absolute atomic E-state index is 13.7. The van der Waals surface area contributed by atoms with Crippen LogP contribution in [0.3, 0.4) is 0 Å². The van der Waals surface area contributed by atoms with E-state index in [0.29, 0.717) is 29.8 Å². The minimum atomic E-state index is -2.34. The number of alkyl carbamates (subject to hydrolysis) is 1. The molecule has 1 fully saturated rings. The first kappa shape index (κ1) is 41.1. The van der Waals surface area contributed by atoms with Crippen LogP contribution in [0.5, 0.6) is 5.75 Å². The zero-order valence-electron chi connectivity index (χ0n) is 34.0. The summed E-state index contributed by atoms with van der Waals surface area (Å²) in [6, 6.07) is 16.2. The van der Waals surface area contributed by atoms with Crippen LogP contribution in [-0.2, 0) is 25.2 Å². The van der Waals surface area contributed by atoms with Gasteiger partial charge in [-0.1, -0.05) is 92.6 Å². The number of rotatable bonds is 13. The first-order chi connectivity index (χ1) is 23.6. The van der Waals surface area contributed by atoms with E-state index in [1.807, 2.05) is 39.0 Å². The standard InChI is InChI=1S/C41H66N2O6Si2/c1-27(2)51(28(3)4,29(5)6)43-24-33(32-23-31(21-22-34(32)43)46-25-30-19-17-16-18-20-30)36-35(26-45-13)47-38(49-50(14,15)41(10,11)12)37(36)42-39(44)48-40(7,8)9/h16-24,27-29,35-38H,25-26H2,1-15H3,(H,42,44)/t35-,36-,37+,38+/m1/s1. The van der Waals surface area contributed by atoms with Crippen molar-refractivity contribution in [1.29, 1.82) is 0 Å². The molecule has 1 N–H and O–H groups in total. The number of benzene rings is 2. The molecule has 0 bridgehead atoms. The predicted octanol–water partition coefficient (Wildman–Crippen LogP) is 10.6. The summed E-state index contributed by atoms with van der Waals surface area (Å²) in [5.74, 6) is 0.503. The summed E-state index contributed by atoms with van der Waals surface area (Å²) in [6.07, 6.45) is 0.814. The van der Waals surface area contributed by atoms with Crippen LogP contribution in [0, 0.1) is 0 Å². The Kier molecular flexibility index (Phi) is 12.7. The highest BCUT2D eigenvalue weighted by Gasteiger charge is 2.53. The molecule has 2 aromatic carbocycles. The highest BCUT2D eigenvalue weighted by molar-refractivity contribution is 6.82. The summed E-state index contributed by atoms with van der Waals surface area (Å²) >= 11 is 0. The van der Waals surface area contributed by atoms with Crippen LogP contribution in [0.15, 0.2) is 54.7 Å². The van der Waals surface area contributed by atoms with Crippen molar-refractivity contribution in [2.75, 3.05) is 13.7 Å². The van der Waals surface area contributed by atoms with Gasteiger partial charge in [0.2, 0.25) is 0 Å². The molecule has 8 nitrogen and oxygen atoms in total. The number of methoxy groups -OCH3 is 1. The SMILES string of the molecule is COC[C@H]1O[C@@H](O[Si](C)(C)C(C)(C)C)[C@@H](NC(=O)OC(C)(C)C)[C@@H]1c1cn([Si](C(C)C)(C(C)C)C(C)C)c2ccc(OCc3ccccc3)cc12. The summed E-state index contributed by atoms with van der Waals surface area (Å²) in [4.78, 5) is 13.7. The summed E-state index contributed by atoms with van der Waals surface area (Å²) in [7, 11) is -2.87. The van der Waals surface area contributed by atoms with Crippen LogP contribution in [0.4, 0.5) is 4.79 Å². The lowest BCUT2D eigenvalue weighted by Crippen LogP contribution is -2.52. The first-order valence-electron chi connectivity index (χ1n) is 18.8. The monoisotopic (exact) mass is 738 g/mol. The van der Waals surface area contributed by atoms with E-state index in [1.165, 1.54) is 5.52 Å². The Morgan fingerprint density at radius 2 is 1.53 bits per heavy atom. The van der Waals surface area contributed by atoms with Crippen molar-refractivity contribution in [1.82, 2.24) is 9.55 Å². The van der Waals surface area contributed by atoms with Crippen LogP contribution in [0.1, 0.15) is 100 Å². The van der Waals surface area contributed by atoms with Gasteiger partial charge in [0, 0.05) is 23.9 Å². The number of carbonyl (C=O) groups excluding carboxylic acids is 1. The van der Waals surface area contributed by atoms with Crippen LogP contribution in [0.25, 0.3) is 10.9 Å².